The fourth-order valence-electron chi connectivity index (χ4n) is 3.09. The molecule has 0 saturated carbocycles. The first-order chi connectivity index (χ1) is 14.3. The van der Waals surface area contributed by atoms with Crippen molar-refractivity contribution in [2.75, 3.05) is 45.3 Å². The van der Waals surface area contributed by atoms with Crippen LogP contribution in [-0.4, -0.2) is 58.7 Å². The average Bonchev–Trinajstić information content (AvgIpc) is 2.75. The number of amides is 1. The van der Waals surface area contributed by atoms with E-state index in [1.165, 1.54) is 29.6 Å². The number of aryl methyl sites for hydroxylation is 1. The largest absolute Gasteiger partial charge is 0.495 e. The second-order valence-electron chi connectivity index (χ2n) is 6.91. The lowest BCUT2D eigenvalue weighted by Gasteiger charge is -2.26. The number of sulfonamides is 1. The van der Waals surface area contributed by atoms with Crippen molar-refractivity contribution >= 4 is 21.6 Å². The number of hydrogen-bond acceptors (Lipinski definition) is 6. The van der Waals surface area contributed by atoms with Crippen LogP contribution in [0.25, 0.3) is 0 Å². The summed E-state index contributed by atoms with van der Waals surface area (Å²) in [5.74, 6) is 0.562. The maximum Gasteiger partial charge on any atom is 0.262 e. The Labute approximate surface area is 176 Å². The van der Waals surface area contributed by atoms with Gasteiger partial charge in [-0.1, -0.05) is 12.1 Å². The minimum absolute atomic E-state index is 0.0796. The van der Waals surface area contributed by atoms with E-state index in [0.717, 1.165) is 11.1 Å². The molecule has 1 aliphatic heterocycles. The molecule has 162 valence electrons. The third kappa shape index (κ3) is 4.92. The summed E-state index contributed by atoms with van der Waals surface area (Å²) in [7, 11) is -2.24. The van der Waals surface area contributed by atoms with Crippen molar-refractivity contribution in [3.8, 4) is 11.5 Å². The van der Waals surface area contributed by atoms with Gasteiger partial charge < -0.3 is 19.5 Å². The standard InChI is InChI=1S/C21H26N2O6S/c1-15-5-4-6-19(16(15)2)29-14-21(24)22-18-13-17(7-8-20(18)27-3)30(25,26)23-9-11-28-12-10-23/h4-8,13H,9-12,14H2,1-3H3,(H,22,24). The van der Waals surface area contributed by atoms with E-state index < -0.39 is 15.9 Å². The molecule has 1 heterocycles. The van der Waals surface area contributed by atoms with Gasteiger partial charge in [0, 0.05) is 13.1 Å². The first-order valence-electron chi connectivity index (χ1n) is 9.57. The molecule has 1 N–H and O–H groups in total. The molecular weight excluding hydrogens is 408 g/mol. The van der Waals surface area contributed by atoms with Crippen molar-refractivity contribution in [2.24, 2.45) is 0 Å². The molecule has 0 bridgehead atoms. The van der Waals surface area contributed by atoms with E-state index in [2.05, 4.69) is 5.32 Å². The van der Waals surface area contributed by atoms with Gasteiger partial charge in [0.2, 0.25) is 10.0 Å². The minimum atomic E-state index is -3.70. The van der Waals surface area contributed by atoms with E-state index in [1.807, 2.05) is 26.0 Å². The summed E-state index contributed by atoms with van der Waals surface area (Å²) in [6.07, 6.45) is 0. The summed E-state index contributed by atoms with van der Waals surface area (Å²) in [5.41, 5.74) is 2.29. The van der Waals surface area contributed by atoms with Gasteiger partial charge in [-0.15, -0.1) is 0 Å². The Morgan fingerprint density at radius 3 is 2.57 bits per heavy atom. The number of carbonyl (C=O) groups is 1. The molecule has 1 saturated heterocycles. The first-order valence-corrected chi connectivity index (χ1v) is 11.0. The van der Waals surface area contributed by atoms with Crippen molar-refractivity contribution in [1.82, 2.24) is 4.31 Å². The van der Waals surface area contributed by atoms with E-state index in [1.54, 1.807) is 6.07 Å². The molecule has 0 aliphatic carbocycles. The fourth-order valence-corrected chi connectivity index (χ4v) is 4.53. The van der Waals surface area contributed by atoms with Crippen molar-refractivity contribution < 1.29 is 27.4 Å². The fraction of sp³-hybridized carbons (Fsp3) is 0.381. The van der Waals surface area contributed by atoms with Crippen LogP contribution in [0, 0.1) is 13.8 Å². The Morgan fingerprint density at radius 1 is 1.13 bits per heavy atom. The molecular formula is C21H26N2O6S. The average molecular weight is 435 g/mol. The molecule has 1 aliphatic rings. The van der Waals surface area contributed by atoms with Gasteiger partial charge in [-0.25, -0.2) is 8.42 Å². The predicted octanol–water partition coefficient (Wildman–Crippen LogP) is 2.35. The summed E-state index contributed by atoms with van der Waals surface area (Å²) in [5, 5.41) is 2.68. The zero-order valence-corrected chi connectivity index (χ0v) is 18.1. The molecule has 0 unspecified atom stereocenters. The minimum Gasteiger partial charge on any atom is -0.495 e. The monoisotopic (exact) mass is 434 g/mol. The zero-order chi connectivity index (χ0) is 21.7. The van der Waals surface area contributed by atoms with Crippen molar-refractivity contribution in [3.05, 3.63) is 47.5 Å². The third-order valence-corrected chi connectivity index (χ3v) is 6.86. The molecule has 30 heavy (non-hydrogen) atoms. The Kier molecular flexibility index (Phi) is 6.96. The van der Waals surface area contributed by atoms with E-state index in [-0.39, 0.29) is 17.2 Å². The lowest BCUT2D eigenvalue weighted by Crippen LogP contribution is -2.40. The Hall–Kier alpha value is -2.62. The maximum atomic E-state index is 12.9. The molecule has 0 atom stereocenters. The maximum absolute atomic E-state index is 12.9. The second-order valence-corrected chi connectivity index (χ2v) is 8.85. The van der Waals surface area contributed by atoms with Gasteiger partial charge in [0.25, 0.3) is 5.91 Å². The van der Waals surface area contributed by atoms with Crippen LogP contribution in [0.3, 0.4) is 0 Å². The molecule has 8 nitrogen and oxygen atoms in total. The van der Waals surface area contributed by atoms with E-state index in [4.69, 9.17) is 14.2 Å². The van der Waals surface area contributed by atoms with Crippen molar-refractivity contribution in [1.29, 1.82) is 0 Å². The summed E-state index contributed by atoms with van der Waals surface area (Å²) in [6.45, 7) is 4.97. The number of hydrogen-bond donors (Lipinski definition) is 1. The van der Waals surface area contributed by atoms with Crippen LogP contribution in [0.2, 0.25) is 0 Å². The highest BCUT2D eigenvalue weighted by Gasteiger charge is 2.27. The first kappa shape index (κ1) is 22.1. The summed E-state index contributed by atoms with van der Waals surface area (Å²) in [4.78, 5) is 12.5. The number of benzene rings is 2. The Bertz CT molecular complexity index is 1020. The van der Waals surface area contributed by atoms with Crippen LogP contribution in [0.4, 0.5) is 5.69 Å². The third-order valence-electron chi connectivity index (χ3n) is 4.97. The van der Waals surface area contributed by atoms with Crippen LogP contribution < -0.4 is 14.8 Å². The molecule has 1 fully saturated rings. The summed E-state index contributed by atoms with van der Waals surface area (Å²) >= 11 is 0. The molecule has 0 radical (unpaired) electrons. The van der Waals surface area contributed by atoms with Crippen LogP contribution in [0.5, 0.6) is 11.5 Å². The second kappa shape index (κ2) is 9.46. The van der Waals surface area contributed by atoms with Crippen LogP contribution in [-0.2, 0) is 19.6 Å². The van der Waals surface area contributed by atoms with Crippen molar-refractivity contribution in [2.45, 2.75) is 18.7 Å². The molecule has 3 rings (SSSR count). The number of anilines is 1. The normalized spacial score (nSPS) is 14.9. The Balaban J connectivity index is 1.75. The van der Waals surface area contributed by atoms with Gasteiger partial charge in [-0.2, -0.15) is 4.31 Å². The number of ether oxygens (including phenoxy) is 3. The highest BCUT2D eigenvalue weighted by atomic mass is 32.2. The van der Waals surface area contributed by atoms with Crippen LogP contribution in [0.1, 0.15) is 11.1 Å². The molecule has 9 heteroatoms. The number of nitrogens with one attached hydrogen (secondary N) is 1. The molecule has 1 amide bonds. The topological polar surface area (TPSA) is 94.2 Å². The van der Waals surface area contributed by atoms with E-state index >= 15 is 0 Å². The lowest BCUT2D eigenvalue weighted by molar-refractivity contribution is -0.118. The Morgan fingerprint density at radius 2 is 1.87 bits per heavy atom. The van der Waals surface area contributed by atoms with Gasteiger partial charge >= 0.3 is 0 Å². The number of nitrogens with zero attached hydrogens (tertiary/aromatic N) is 1. The van der Waals surface area contributed by atoms with E-state index in [9.17, 15) is 13.2 Å². The molecule has 0 spiro atoms. The van der Waals surface area contributed by atoms with Gasteiger partial charge in [-0.3, -0.25) is 4.79 Å². The summed E-state index contributed by atoms with van der Waals surface area (Å²) in [6, 6.07) is 10.0. The van der Waals surface area contributed by atoms with E-state index in [0.29, 0.717) is 37.8 Å². The lowest BCUT2D eigenvalue weighted by atomic mass is 10.1. The van der Waals surface area contributed by atoms with Gasteiger partial charge in [0.05, 0.1) is 30.9 Å². The smallest absolute Gasteiger partial charge is 0.262 e. The number of rotatable bonds is 7. The SMILES string of the molecule is COc1ccc(S(=O)(=O)N2CCOCC2)cc1NC(=O)COc1cccc(C)c1C. The summed E-state index contributed by atoms with van der Waals surface area (Å²) < 4.78 is 43.3. The number of carbonyl (C=O) groups excluding carboxylic acids is 1. The quantitative estimate of drug-likeness (QED) is 0.719. The van der Waals surface area contributed by atoms with Crippen molar-refractivity contribution in [3.63, 3.8) is 0 Å². The zero-order valence-electron chi connectivity index (χ0n) is 17.3. The molecule has 2 aromatic rings. The van der Waals surface area contributed by atoms with Gasteiger partial charge in [0.15, 0.2) is 6.61 Å². The predicted molar refractivity (Wildman–Crippen MR) is 113 cm³/mol. The molecule has 0 aromatic heterocycles. The number of methoxy groups -OCH3 is 1. The highest BCUT2D eigenvalue weighted by Crippen LogP contribution is 2.29. The molecule has 2 aromatic carbocycles. The van der Waals surface area contributed by atoms with Crippen LogP contribution >= 0.6 is 0 Å². The van der Waals surface area contributed by atoms with Gasteiger partial charge in [0.1, 0.15) is 11.5 Å². The van der Waals surface area contributed by atoms with Gasteiger partial charge in [-0.05, 0) is 49.2 Å². The highest BCUT2D eigenvalue weighted by molar-refractivity contribution is 7.89. The van der Waals surface area contributed by atoms with Crippen LogP contribution in [0.15, 0.2) is 41.3 Å². The number of morpholine rings is 1.